The van der Waals surface area contributed by atoms with E-state index in [4.69, 9.17) is 5.73 Å². The van der Waals surface area contributed by atoms with Crippen molar-refractivity contribution in [2.75, 3.05) is 19.6 Å². The van der Waals surface area contributed by atoms with Gasteiger partial charge in [-0.15, -0.1) is 0 Å². The molecule has 1 rings (SSSR count). The smallest absolute Gasteiger partial charge is 0.0180 e. The molecule has 0 aliphatic carbocycles. The molecule has 0 bridgehead atoms. The van der Waals surface area contributed by atoms with Gasteiger partial charge in [-0.25, -0.2) is 0 Å². The Morgan fingerprint density at radius 2 is 1.86 bits per heavy atom. The van der Waals surface area contributed by atoms with Crippen LogP contribution in [0.1, 0.15) is 51.9 Å². The van der Waals surface area contributed by atoms with E-state index in [9.17, 15) is 0 Å². The molecule has 1 aliphatic rings. The summed E-state index contributed by atoms with van der Waals surface area (Å²) in [7, 11) is 0. The van der Waals surface area contributed by atoms with E-state index in [-0.39, 0.29) is 0 Å². The summed E-state index contributed by atoms with van der Waals surface area (Å²) in [5.74, 6) is 0. The van der Waals surface area contributed by atoms with Crippen molar-refractivity contribution in [3.8, 4) is 0 Å². The topological polar surface area (TPSA) is 29.3 Å². The van der Waals surface area contributed by atoms with Crippen molar-refractivity contribution in [2.24, 2.45) is 5.73 Å². The van der Waals surface area contributed by atoms with Gasteiger partial charge in [0.2, 0.25) is 0 Å². The average molecular weight is 198 g/mol. The minimum atomic E-state index is 0.454. The number of likely N-dealkylation sites (tertiary alicyclic amines) is 1. The monoisotopic (exact) mass is 198 g/mol. The number of hydrogen-bond donors (Lipinski definition) is 1. The van der Waals surface area contributed by atoms with Crippen LogP contribution >= 0.6 is 0 Å². The van der Waals surface area contributed by atoms with E-state index in [1.807, 2.05) is 0 Å². The molecule has 0 saturated carbocycles. The molecule has 0 aromatic carbocycles. The van der Waals surface area contributed by atoms with Crippen molar-refractivity contribution >= 4 is 0 Å². The molecule has 0 aromatic rings. The molecule has 2 nitrogen and oxygen atoms in total. The van der Waals surface area contributed by atoms with E-state index in [1.54, 1.807) is 0 Å². The minimum absolute atomic E-state index is 0.454. The zero-order valence-electron chi connectivity index (χ0n) is 9.67. The van der Waals surface area contributed by atoms with Crippen LogP contribution in [0.15, 0.2) is 0 Å². The summed E-state index contributed by atoms with van der Waals surface area (Å²) in [5.41, 5.74) is 5.85. The van der Waals surface area contributed by atoms with Crippen molar-refractivity contribution in [3.63, 3.8) is 0 Å². The maximum Gasteiger partial charge on any atom is 0.0180 e. The van der Waals surface area contributed by atoms with E-state index in [0.29, 0.717) is 6.04 Å². The first kappa shape index (κ1) is 12.0. The summed E-state index contributed by atoms with van der Waals surface area (Å²) < 4.78 is 0. The molecule has 1 heterocycles. The fraction of sp³-hybridized carbons (Fsp3) is 1.00. The first-order chi connectivity index (χ1) is 6.83. The van der Waals surface area contributed by atoms with E-state index in [0.717, 1.165) is 6.54 Å². The van der Waals surface area contributed by atoms with E-state index < -0.39 is 0 Å². The quantitative estimate of drug-likeness (QED) is 0.636. The molecule has 0 aromatic heterocycles. The summed E-state index contributed by atoms with van der Waals surface area (Å²) in [4.78, 5) is 2.52. The van der Waals surface area contributed by atoms with Gasteiger partial charge < -0.3 is 10.6 Å². The number of unbranched alkanes of at least 4 members (excludes halogenated alkanes) is 5. The third kappa shape index (κ3) is 4.97. The Balaban J connectivity index is 1.84. The van der Waals surface area contributed by atoms with Gasteiger partial charge in [-0.2, -0.15) is 0 Å². The van der Waals surface area contributed by atoms with Crippen molar-refractivity contribution in [1.29, 1.82) is 0 Å². The van der Waals surface area contributed by atoms with Crippen LogP contribution in [0.3, 0.4) is 0 Å². The van der Waals surface area contributed by atoms with Gasteiger partial charge in [0.25, 0.3) is 0 Å². The Morgan fingerprint density at radius 3 is 2.50 bits per heavy atom. The Bertz CT molecular complexity index is 136. The zero-order chi connectivity index (χ0) is 10.2. The van der Waals surface area contributed by atoms with Crippen LogP contribution in [0.25, 0.3) is 0 Å². The lowest BCUT2D eigenvalue weighted by Gasteiger charge is -2.14. The maximum absolute atomic E-state index is 5.85. The molecule has 14 heavy (non-hydrogen) atoms. The van der Waals surface area contributed by atoms with Gasteiger partial charge in [0, 0.05) is 12.6 Å². The van der Waals surface area contributed by atoms with Gasteiger partial charge in [0.15, 0.2) is 0 Å². The van der Waals surface area contributed by atoms with Gasteiger partial charge >= 0.3 is 0 Å². The van der Waals surface area contributed by atoms with Crippen LogP contribution in [0, 0.1) is 0 Å². The first-order valence-corrected chi connectivity index (χ1v) is 6.31. The Morgan fingerprint density at radius 1 is 1.14 bits per heavy atom. The van der Waals surface area contributed by atoms with Crippen molar-refractivity contribution in [1.82, 2.24) is 4.90 Å². The Hall–Kier alpha value is -0.0800. The van der Waals surface area contributed by atoms with Crippen LogP contribution in [0.5, 0.6) is 0 Å². The fourth-order valence-electron chi connectivity index (χ4n) is 2.18. The number of nitrogens with two attached hydrogens (primary N) is 1. The maximum atomic E-state index is 5.85. The lowest BCUT2D eigenvalue weighted by atomic mass is 10.1. The highest BCUT2D eigenvalue weighted by Gasteiger charge is 2.17. The third-order valence-electron chi connectivity index (χ3n) is 3.14. The standard InChI is InChI=1S/C12H26N2/c1-2-3-4-5-6-7-9-14-10-8-12(13)11-14/h12H,2-11,13H2,1H3. The number of hydrogen-bond acceptors (Lipinski definition) is 2. The summed E-state index contributed by atoms with van der Waals surface area (Å²) >= 11 is 0. The molecule has 1 aliphatic heterocycles. The normalized spacial score (nSPS) is 23.1. The molecule has 0 spiro atoms. The van der Waals surface area contributed by atoms with Crippen molar-refractivity contribution < 1.29 is 0 Å². The van der Waals surface area contributed by atoms with Gasteiger partial charge in [0.05, 0.1) is 0 Å². The summed E-state index contributed by atoms with van der Waals surface area (Å²) in [6, 6.07) is 0.454. The average Bonchev–Trinajstić information content (AvgIpc) is 2.58. The number of nitrogens with zero attached hydrogens (tertiary/aromatic N) is 1. The third-order valence-corrected chi connectivity index (χ3v) is 3.14. The highest BCUT2D eigenvalue weighted by Crippen LogP contribution is 2.10. The van der Waals surface area contributed by atoms with Gasteiger partial charge in [0.1, 0.15) is 0 Å². The number of rotatable bonds is 7. The predicted molar refractivity (Wildman–Crippen MR) is 62.4 cm³/mol. The van der Waals surface area contributed by atoms with Crippen molar-refractivity contribution in [3.05, 3.63) is 0 Å². The summed E-state index contributed by atoms with van der Waals surface area (Å²) in [6.07, 6.45) is 9.59. The van der Waals surface area contributed by atoms with Crippen LogP contribution in [0.4, 0.5) is 0 Å². The van der Waals surface area contributed by atoms with Crippen LogP contribution in [-0.4, -0.2) is 30.6 Å². The summed E-state index contributed by atoms with van der Waals surface area (Å²) in [6.45, 7) is 5.91. The second-order valence-electron chi connectivity index (χ2n) is 4.62. The molecule has 1 saturated heterocycles. The molecular weight excluding hydrogens is 172 g/mol. The van der Waals surface area contributed by atoms with Crippen molar-refractivity contribution in [2.45, 2.75) is 57.9 Å². The van der Waals surface area contributed by atoms with Gasteiger partial charge in [-0.05, 0) is 25.9 Å². The summed E-state index contributed by atoms with van der Waals surface area (Å²) in [5, 5.41) is 0. The molecule has 84 valence electrons. The highest BCUT2D eigenvalue weighted by molar-refractivity contribution is 4.77. The fourth-order valence-corrected chi connectivity index (χ4v) is 2.18. The van der Waals surface area contributed by atoms with E-state index in [2.05, 4.69) is 11.8 Å². The van der Waals surface area contributed by atoms with Crippen LogP contribution in [0.2, 0.25) is 0 Å². The van der Waals surface area contributed by atoms with Crippen LogP contribution < -0.4 is 5.73 Å². The zero-order valence-corrected chi connectivity index (χ0v) is 9.67. The second-order valence-corrected chi connectivity index (χ2v) is 4.62. The molecule has 0 radical (unpaired) electrons. The molecule has 1 fully saturated rings. The second kappa shape index (κ2) is 7.24. The minimum Gasteiger partial charge on any atom is -0.326 e. The lowest BCUT2D eigenvalue weighted by Crippen LogP contribution is -2.27. The molecular formula is C12H26N2. The largest absolute Gasteiger partial charge is 0.326 e. The van der Waals surface area contributed by atoms with Gasteiger partial charge in [-0.3, -0.25) is 0 Å². The molecule has 2 N–H and O–H groups in total. The molecule has 1 atom stereocenters. The van der Waals surface area contributed by atoms with E-state index in [1.165, 1.54) is 58.0 Å². The SMILES string of the molecule is CCCCCCCCN1CCC(N)C1. The predicted octanol–water partition coefficient (Wildman–Crippen LogP) is 2.38. The van der Waals surface area contributed by atoms with Gasteiger partial charge in [-0.1, -0.05) is 39.0 Å². The molecule has 2 heteroatoms. The highest BCUT2D eigenvalue weighted by atomic mass is 15.2. The lowest BCUT2D eigenvalue weighted by molar-refractivity contribution is 0.323. The van der Waals surface area contributed by atoms with E-state index >= 15 is 0 Å². The first-order valence-electron chi connectivity index (χ1n) is 6.31. The Labute approximate surface area is 88.8 Å². The Kier molecular flexibility index (Phi) is 6.20. The van der Waals surface area contributed by atoms with Crippen LogP contribution in [-0.2, 0) is 0 Å². The molecule has 0 amide bonds. The molecule has 1 unspecified atom stereocenters.